The van der Waals surface area contributed by atoms with Crippen LogP contribution in [0.3, 0.4) is 0 Å². The number of hydrogen-bond acceptors (Lipinski definition) is 5. The molecule has 1 atom stereocenters. The summed E-state index contributed by atoms with van der Waals surface area (Å²) in [6.45, 7) is 2.45. The second kappa shape index (κ2) is 6.75. The number of ether oxygens (including phenoxy) is 2. The number of methoxy groups -OCH3 is 1. The lowest BCUT2D eigenvalue weighted by molar-refractivity contribution is 0.1000. The SMILES string of the molecule is COc1ccc(CON)cc1OC1CCCN(C)C1. The first-order valence-electron chi connectivity index (χ1n) is 6.56. The van der Waals surface area contributed by atoms with Crippen molar-refractivity contribution >= 4 is 0 Å². The molecule has 2 N–H and O–H groups in total. The van der Waals surface area contributed by atoms with Crippen molar-refractivity contribution in [3.8, 4) is 11.5 Å². The van der Waals surface area contributed by atoms with Gasteiger partial charge in [-0.3, -0.25) is 4.84 Å². The zero-order valence-electron chi connectivity index (χ0n) is 11.6. The highest BCUT2D eigenvalue weighted by Crippen LogP contribution is 2.30. The molecule has 1 aromatic carbocycles. The molecule has 1 fully saturated rings. The molecule has 1 aromatic rings. The average molecular weight is 266 g/mol. The van der Waals surface area contributed by atoms with Gasteiger partial charge in [-0.15, -0.1) is 0 Å². The van der Waals surface area contributed by atoms with Crippen molar-refractivity contribution in [1.82, 2.24) is 4.90 Å². The van der Waals surface area contributed by atoms with Gasteiger partial charge in [0.15, 0.2) is 11.5 Å². The minimum absolute atomic E-state index is 0.210. The van der Waals surface area contributed by atoms with Gasteiger partial charge in [0.25, 0.3) is 0 Å². The first kappa shape index (κ1) is 14.1. The Balaban J connectivity index is 2.10. The lowest BCUT2D eigenvalue weighted by Crippen LogP contribution is -2.38. The van der Waals surface area contributed by atoms with E-state index in [0.29, 0.717) is 6.61 Å². The Hall–Kier alpha value is -1.30. The molecule has 5 nitrogen and oxygen atoms in total. The van der Waals surface area contributed by atoms with E-state index in [1.54, 1.807) is 7.11 Å². The van der Waals surface area contributed by atoms with E-state index in [2.05, 4.69) is 16.8 Å². The Labute approximate surface area is 114 Å². The van der Waals surface area contributed by atoms with Gasteiger partial charge in [0.1, 0.15) is 6.10 Å². The standard InChI is InChI=1S/C14H22N2O3/c1-16-7-3-4-12(9-16)19-14-8-11(10-18-15)5-6-13(14)17-2/h5-6,8,12H,3-4,7,9-10,15H2,1-2H3. The predicted octanol–water partition coefficient (Wildman–Crippen LogP) is 1.56. The molecule has 0 aromatic heterocycles. The molecule has 1 unspecified atom stereocenters. The van der Waals surface area contributed by atoms with E-state index >= 15 is 0 Å². The molecule has 1 aliphatic heterocycles. The van der Waals surface area contributed by atoms with Crippen LogP contribution in [0, 0.1) is 0 Å². The summed E-state index contributed by atoms with van der Waals surface area (Å²) < 4.78 is 11.4. The van der Waals surface area contributed by atoms with Crippen molar-refractivity contribution in [1.29, 1.82) is 0 Å². The first-order chi connectivity index (χ1) is 9.22. The van der Waals surface area contributed by atoms with Crippen LogP contribution in [-0.2, 0) is 11.4 Å². The van der Waals surface area contributed by atoms with Gasteiger partial charge in [-0.2, -0.15) is 0 Å². The number of likely N-dealkylation sites (tertiary alicyclic amines) is 1. The first-order valence-corrected chi connectivity index (χ1v) is 6.56. The number of piperidine rings is 1. The highest BCUT2D eigenvalue weighted by atomic mass is 16.6. The Morgan fingerprint density at radius 1 is 1.37 bits per heavy atom. The minimum Gasteiger partial charge on any atom is -0.493 e. The molecule has 0 saturated carbocycles. The predicted molar refractivity (Wildman–Crippen MR) is 73.1 cm³/mol. The normalized spacial score (nSPS) is 20.3. The van der Waals surface area contributed by atoms with E-state index in [0.717, 1.165) is 43.0 Å². The number of nitrogens with zero attached hydrogens (tertiary/aromatic N) is 1. The van der Waals surface area contributed by atoms with Gasteiger partial charge in [0, 0.05) is 6.54 Å². The lowest BCUT2D eigenvalue weighted by atomic mass is 10.1. The fourth-order valence-corrected chi connectivity index (χ4v) is 2.39. The van der Waals surface area contributed by atoms with Crippen LogP contribution in [-0.4, -0.2) is 38.3 Å². The molecule has 1 saturated heterocycles. The van der Waals surface area contributed by atoms with Crippen LogP contribution in [0.5, 0.6) is 11.5 Å². The quantitative estimate of drug-likeness (QED) is 0.820. The third-order valence-electron chi connectivity index (χ3n) is 3.35. The molecular weight excluding hydrogens is 244 g/mol. The Morgan fingerprint density at radius 2 is 2.21 bits per heavy atom. The summed E-state index contributed by atoms with van der Waals surface area (Å²) >= 11 is 0. The van der Waals surface area contributed by atoms with Crippen LogP contribution in [0.15, 0.2) is 18.2 Å². The van der Waals surface area contributed by atoms with Crippen molar-refractivity contribution in [3.05, 3.63) is 23.8 Å². The van der Waals surface area contributed by atoms with E-state index in [1.165, 1.54) is 0 Å². The minimum atomic E-state index is 0.210. The van der Waals surface area contributed by atoms with Crippen molar-refractivity contribution < 1.29 is 14.3 Å². The molecule has 1 aliphatic rings. The van der Waals surface area contributed by atoms with Gasteiger partial charge in [-0.05, 0) is 44.1 Å². The lowest BCUT2D eigenvalue weighted by Gasteiger charge is -2.30. The number of benzene rings is 1. The third-order valence-corrected chi connectivity index (χ3v) is 3.35. The molecular formula is C14H22N2O3. The van der Waals surface area contributed by atoms with Gasteiger partial charge < -0.3 is 14.4 Å². The zero-order chi connectivity index (χ0) is 13.7. The molecule has 106 valence electrons. The maximum Gasteiger partial charge on any atom is 0.162 e. The van der Waals surface area contributed by atoms with Crippen LogP contribution in [0.4, 0.5) is 0 Å². The molecule has 0 amide bonds. The summed E-state index contributed by atoms with van der Waals surface area (Å²) in [6.07, 6.45) is 2.45. The number of likely N-dealkylation sites (N-methyl/N-ethyl adjacent to an activating group) is 1. The fraction of sp³-hybridized carbons (Fsp3) is 0.571. The van der Waals surface area contributed by atoms with Crippen LogP contribution in [0.2, 0.25) is 0 Å². The van der Waals surface area contributed by atoms with Crippen LogP contribution in [0.25, 0.3) is 0 Å². The van der Waals surface area contributed by atoms with E-state index in [-0.39, 0.29) is 6.10 Å². The van der Waals surface area contributed by atoms with E-state index in [4.69, 9.17) is 15.4 Å². The van der Waals surface area contributed by atoms with Gasteiger partial charge >= 0.3 is 0 Å². The van der Waals surface area contributed by atoms with Crippen molar-refractivity contribution in [3.63, 3.8) is 0 Å². The van der Waals surface area contributed by atoms with Gasteiger partial charge in [-0.25, -0.2) is 5.90 Å². The number of rotatable bonds is 5. The van der Waals surface area contributed by atoms with Crippen LogP contribution >= 0.6 is 0 Å². The number of nitrogens with two attached hydrogens (primary N) is 1. The van der Waals surface area contributed by atoms with Crippen LogP contribution < -0.4 is 15.4 Å². The van der Waals surface area contributed by atoms with Gasteiger partial charge in [0.05, 0.1) is 13.7 Å². The summed E-state index contributed by atoms with van der Waals surface area (Å²) in [6, 6.07) is 5.74. The number of hydrogen-bond donors (Lipinski definition) is 1. The molecule has 0 radical (unpaired) electrons. The molecule has 1 heterocycles. The summed E-state index contributed by atoms with van der Waals surface area (Å²) in [4.78, 5) is 6.94. The third kappa shape index (κ3) is 3.83. The molecule has 5 heteroatoms. The summed E-state index contributed by atoms with van der Waals surface area (Å²) in [5, 5.41) is 0. The zero-order valence-corrected chi connectivity index (χ0v) is 11.6. The van der Waals surface area contributed by atoms with Crippen molar-refractivity contribution in [2.24, 2.45) is 5.90 Å². The van der Waals surface area contributed by atoms with Crippen molar-refractivity contribution in [2.75, 3.05) is 27.2 Å². The average Bonchev–Trinajstić information content (AvgIpc) is 2.39. The Kier molecular flexibility index (Phi) is 5.01. The molecule has 2 rings (SSSR count). The van der Waals surface area contributed by atoms with Gasteiger partial charge in [-0.1, -0.05) is 6.07 Å². The maximum atomic E-state index is 6.07. The highest BCUT2D eigenvalue weighted by molar-refractivity contribution is 5.43. The monoisotopic (exact) mass is 266 g/mol. The van der Waals surface area contributed by atoms with Crippen LogP contribution in [0.1, 0.15) is 18.4 Å². The largest absolute Gasteiger partial charge is 0.493 e. The summed E-state index contributed by atoms with van der Waals surface area (Å²) in [5.41, 5.74) is 0.975. The van der Waals surface area contributed by atoms with E-state index in [1.807, 2.05) is 18.2 Å². The van der Waals surface area contributed by atoms with Gasteiger partial charge in [0.2, 0.25) is 0 Å². The maximum absolute atomic E-state index is 6.07. The summed E-state index contributed by atoms with van der Waals surface area (Å²) in [7, 11) is 3.76. The topological polar surface area (TPSA) is 57.0 Å². The van der Waals surface area contributed by atoms with E-state index < -0.39 is 0 Å². The molecule has 0 aliphatic carbocycles. The molecule has 0 spiro atoms. The second-order valence-corrected chi connectivity index (χ2v) is 4.94. The van der Waals surface area contributed by atoms with Crippen molar-refractivity contribution in [2.45, 2.75) is 25.6 Å². The Morgan fingerprint density at radius 3 is 2.89 bits per heavy atom. The molecule has 19 heavy (non-hydrogen) atoms. The highest BCUT2D eigenvalue weighted by Gasteiger charge is 2.20. The smallest absolute Gasteiger partial charge is 0.162 e. The Bertz CT molecular complexity index is 412. The van der Waals surface area contributed by atoms with E-state index in [9.17, 15) is 0 Å². The fourth-order valence-electron chi connectivity index (χ4n) is 2.39. The summed E-state index contributed by atoms with van der Waals surface area (Å²) in [5.74, 6) is 6.61. The second-order valence-electron chi connectivity index (χ2n) is 4.94. The molecule has 0 bridgehead atoms.